The summed E-state index contributed by atoms with van der Waals surface area (Å²) in [5, 5.41) is 10.6. The first kappa shape index (κ1) is 12.6. The largest absolute Gasteiger partial charge is 0.497 e. The smallest absolute Gasteiger partial charge is 0.119 e. The zero-order valence-corrected chi connectivity index (χ0v) is 10.9. The normalized spacial score (nSPS) is 14.2. The molecule has 2 rings (SSSR count). The van der Waals surface area contributed by atoms with E-state index < -0.39 is 5.60 Å². The predicted molar refractivity (Wildman–Crippen MR) is 69.5 cm³/mol. The van der Waals surface area contributed by atoms with Gasteiger partial charge < -0.3 is 14.4 Å². The lowest BCUT2D eigenvalue weighted by Gasteiger charge is -2.24. The molecule has 0 aliphatic heterocycles. The lowest BCUT2D eigenvalue weighted by Crippen LogP contribution is -2.25. The lowest BCUT2D eigenvalue weighted by molar-refractivity contribution is 0.0545. The number of aliphatic hydroxyl groups is 1. The van der Waals surface area contributed by atoms with Crippen molar-refractivity contribution in [1.29, 1.82) is 0 Å². The van der Waals surface area contributed by atoms with Crippen LogP contribution < -0.4 is 4.74 Å². The molecule has 2 aromatic rings. The van der Waals surface area contributed by atoms with Crippen molar-refractivity contribution in [2.24, 2.45) is 7.05 Å². The Kier molecular flexibility index (Phi) is 3.39. The van der Waals surface area contributed by atoms with Crippen molar-refractivity contribution in [3.05, 3.63) is 48.0 Å². The second-order valence-corrected chi connectivity index (χ2v) is 4.64. The zero-order valence-electron chi connectivity index (χ0n) is 10.9. The van der Waals surface area contributed by atoms with Crippen LogP contribution in [0.1, 0.15) is 18.3 Å². The highest BCUT2D eigenvalue weighted by molar-refractivity contribution is 5.32. The highest BCUT2D eigenvalue weighted by Crippen LogP contribution is 2.27. The van der Waals surface area contributed by atoms with Gasteiger partial charge in [0.1, 0.15) is 11.6 Å². The zero-order chi connectivity index (χ0) is 13.2. The number of imidazole rings is 1. The summed E-state index contributed by atoms with van der Waals surface area (Å²) in [4.78, 5) is 4.24. The van der Waals surface area contributed by atoms with Gasteiger partial charge in [-0.2, -0.15) is 0 Å². The molecule has 0 bridgehead atoms. The molecule has 0 saturated heterocycles. The lowest BCUT2D eigenvalue weighted by atomic mass is 9.92. The van der Waals surface area contributed by atoms with E-state index in [1.54, 1.807) is 20.2 Å². The monoisotopic (exact) mass is 246 g/mol. The third-order valence-electron chi connectivity index (χ3n) is 3.11. The van der Waals surface area contributed by atoms with E-state index in [9.17, 15) is 5.11 Å². The number of methoxy groups -OCH3 is 1. The first-order chi connectivity index (χ1) is 8.53. The summed E-state index contributed by atoms with van der Waals surface area (Å²) in [7, 11) is 3.54. The Morgan fingerprint density at radius 2 is 2.22 bits per heavy atom. The number of nitrogens with zero attached hydrogens (tertiary/aromatic N) is 2. The Morgan fingerprint density at radius 1 is 1.44 bits per heavy atom. The van der Waals surface area contributed by atoms with Crippen LogP contribution in [0.25, 0.3) is 0 Å². The maximum atomic E-state index is 10.6. The molecule has 1 aromatic carbocycles. The van der Waals surface area contributed by atoms with Crippen LogP contribution in [-0.2, 0) is 19.1 Å². The number of ether oxygens (including phenoxy) is 1. The quantitative estimate of drug-likeness (QED) is 0.896. The molecule has 0 radical (unpaired) electrons. The van der Waals surface area contributed by atoms with Crippen molar-refractivity contribution in [2.75, 3.05) is 7.11 Å². The van der Waals surface area contributed by atoms with E-state index in [0.717, 1.165) is 17.1 Å². The third kappa shape index (κ3) is 2.54. The molecule has 0 aliphatic rings. The molecular formula is C14H18N2O2. The number of benzene rings is 1. The number of hydrogen-bond acceptors (Lipinski definition) is 3. The van der Waals surface area contributed by atoms with Gasteiger partial charge in [0.15, 0.2) is 0 Å². The maximum absolute atomic E-state index is 10.6. The molecule has 1 atom stereocenters. The average Bonchev–Trinajstić information content (AvgIpc) is 2.74. The fourth-order valence-electron chi connectivity index (χ4n) is 1.93. The highest BCUT2D eigenvalue weighted by Gasteiger charge is 2.25. The van der Waals surface area contributed by atoms with Crippen LogP contribution in [0.2, 0.25) is 0 Å². The van der Waals surface area contributed by atoms with Crippen LogP contribution in [0.3, 0.4) is 0 Å². The number of rotatable bonds is 4. The van der Waals surface area contributed by atoms with Crippen LogP contribution in [-0.4, -0.2) is 21.8 Å². The molecule has 1 unspecified atom stereocenters. The molecule has 0 spiro atoms. The van der Waals surface area contributed by atoms with Gasteiger partial charge >= 0.3 is 0 Å². The average molecular weight is 246 g/mol. The van der Waals surface area contributed by atoms with E-state index in [1.165, 1.54) is 0 Å². The Balaban J connectivity index is 2.27. The number of aromatic nitrogens is 2. The van der Waals surface area contributed by atoms with Crippen molar-refractivity contribution in [1.82, 2.24) is 9.55 Å². The molecule has 4 nitrogen and oxygen atoms in total. The molecule has 96 valence electrons. The minimum atomic E-state index is -0.965. The van der Waals surface area contributed by atoms with E-state index >= 15 is 0 Å². The van der Waals surface area contributed by atoms with Crippen molar-refractivity contribution in [3.63, 3.8) is 0 Å². The fraction of sp³-hybridized carbons (Fsp3) is 0.357. The van der Waals surface area contributed by atoms with E-state index in [2.05, 4.69) is 4.98 Å². The second-order valence-electron chi connectivity index (χ2n) is 4.64. The number of aryl methyl sites for hydroxylation is 1. The second kappa shape index (κ2) is 4.82. The van der Waals surface area contributed by atoms with E-state index in [1.807, 2.05) is 42.1 Å². The molecule has 1 heterocycles. The van der Waals surface area contributed by atoms with Crippen LogP contribution in [0.15, 0.2) is 36.7 Å². The summed E-state index contributed by atoms with van der Waals surface area (Å²) in [5.41, 5.74) is -0.141. The summed E-state index contributed by atoms with van der Waals surface area (Å²) in [6.45, 7) is 1.79. The fourth-order valence-corrected chi connectivity index (χ4v) is 1.93. The van der Waals surface area contributed by atoms with Crippen LogP contribution in [0.5, 0.6) is 5.75 Å². The van der Waals surface area contributed by atoms with Gasteiger partial charge in [0.2, 0.25) is 0 Å². The van der Waals surface area contributed by atoms with Crippen molar-refractivity contribution in [3.8, 4) is 5.75 Å². The standard InChI is InChI=1S/C14H18N2O2/c1-14(17,10-13-15-7-8-16(13)2)11-5-4-6-12(9-11)18-3/h4-9,17H,10H2,1-3H3. The Bertz CT molecular complexity index is 532. The van der Waals surface area contributed by atoms with E-state index in [0.29, 0.717) is 6.42 Å². The Morgan fingerprint density at radius 3 is 2.83 bits per heavy atom. The summed E-state index contributed by atoms with van der Waals surface area (Å²) in [5.74, 6) is 1.59. The third-order valence-corrected chi connectivity index (χ3v) is 3.11. The number of hydrogen-bond donors (Lipinski definition) is 1. The van der Waals surface area contributed by atoms with Gasteiger partial charge in [0.05, 0.1) is 12.7 Å². The molecule has 4 heteroatoms. The minimum absolute atomic E-state index is 0.462. The van der Waals surface area contributed by atoms with Gasteiger partial charge in [-0.3, -0.25) is 0 Å². The van der Waals surface area contributed by atoms with Gasteiger partial charge in [0, 0.05) is 25.9 Å². The predicted octanol–water partition coefficient (Wildman–Crippen LogP) is 1.88. The molecule has 1 aromatic heterocycles. The first-order valence-corrected chi connectivity index (χ1v) is 5.86. The van der Waals surface area contributed by atoms with Gasteiger partial charge in [-0.25, -0.2) is 4.98 Å². The van der Waals surface area contributed by atoms with Crippen LogP contribution >= 0.6 is 0 Å². The van der Waals surface area contributed by atoms with Crippen LogP contribution in [0.4, 0.5) is 0 Å². The maximum Gasteiger partial charge on any atom is 0.119 e. The molecule has 0 aliphatic carbocycles. The highest BCUT2D eigenvalue weighted by atomic mass is 16.5. The molecule has 0 saturated carbocycles. The van der Waals surface area contributed by atoms with Crippen molar-refractivity contribution < 1.29 is 9.84 Å². The molecule has 0 amide bonds. The first-order valence-electron chi connectivity index (χ1n) is 5.86. The van der Waals surface area contributed by atoms with Crippen molar-refractivity contribution in [2.45, 2.75) is 18.9 Å². The molecular weight excluding hydrogens is 228 g/mol. The summed E-state index contributed by atoms with van der Waals surface area (Å²) < 4.78 is 7.09. The van der Waals surface area contributed by atoms with Crippen molar-refractivity contribution >= 4 is 0 Å². The Labute approximate surface area is 107 Å². The van der Waals surface area contributed by atoms with Gasteiger partial charge in [0.25, 0.3) is 0 Å². The minimum Gasteiger partial charge on any atom is -0.497 e. The van der Waals surface area contributed by atoms with Gasteiger partial charge in [-0.15, -0.1) is 0 Å². The summed E-state index contributed by atoms with van der Waals surface area (Å²) in [6.07, 6.45) is 4.07. The van der Waals surface area contributed by atoms with E-state index in [4.69, 9.17) is 4.74 Å². The van der Waals surface area contributed by atoms with Crippen LogP contribution in [0, 0.1) is 0 Å². The molecule has 0 fully saturated rings. The SMILES string of the molecule is COc1cccc(C(C)(O)Cc2nccn2C)c1. The Hall–Kier alpha value is -1.81. The van der Waals surface area contributed by atoms with Gasteiger partial charge in [-0.05, 0) is 24.6 Å². The van der Waals surface area contributed by atoms with E-state index in [-0.39, 0.29) is 0 Å². The summed E-state index contributed by atoms with van der Waals surface area (Å²) in [6, 6.07) is 7.48. The molecule has 1 N–H and O–H groups in total. The molecule has 18 heavy (non-hydrogen) atoms. The van der Waals surface area contributed by atoms with Gasteiger partial charge in [-0.1, -0.05) is 12.1 Å². The topological polar surface area (TPSA) is 47.3 Å². The summed E-state index contributed by atoms with van der Waals surface area (Å²) >= 11 is 0.